The van der Waals surface area contributed by atoms with Crippen molar-refractivity contribution in [1.82, 2.24) is 4.31 Å². The Bertz CT molecular complexity index is 305. The van der Waals surface area contributed by atoms with Crippen molar-refractivity contribution in [3.8, 4) is 6.07 Å². The summed E-state index contributed by atoms with van der Waals surface area (Å²) in [4.78, 5) is 0. The second kappa shape index (κ2) is 5.29. The first-order valence-electron chi connectivity index (χ1n) is 4.39. The van der Waals surface area contributed by atoms with Gasteiger partial charge in [-0.1, -0.05) is 0 Å². The van der Waals surface area contributed by atoms with E-state index in [2.05, 4.69) is 0 Å². The van der Waals surface area contributed by atoms with E-state index in [1.807, 2.05) is 0 Å². The number of aliphatic hydroxyl groups excluding tert-OH is 1. The molecule has 0 radical (unpaired) electrons. The molecule has 0 aromatic carbocycles. The lowest BCUT2D eigenvalue weighted by Crippen LogP contribution is -2.43. The Morgan fingerprint density at radius 1 is 1.43 bits per heavy atom. The predicted molar refractivity (Wildman–Crippen MR) is 52.9 cm³/mol. The van der Waals surface area contributed by atoms with Crippen molar-refractivity contribution >= 4 is 10.0 Å². The second-order valence-corrected chi connectivity index (χ2v) is 5.45. The van der Waals surface area contributed by atoms with Gasteiger partial charge in [-0.15, -0.1) is 0 Å². The first-order chi connectivity index (χ1) is 6.37. The molecule has 0 aromatic heterocycles. The molecule has 0 saturated carbocycles. The number of aliphatic hydroxyl groups is 1. The zero-order valence-corrected chi connectivity index (χ0v) is 9.45. The van der Waals surface area contributed by atoms with Crippen LogP contribution in [-0.4, -0.2) is 42.3 Å². The topological polar surface area (TPSA) is 81.4 Å². The van der Waals surface area contributed by atoms with Gasteiger partial charge in [-0.3, -0.25) is 0 Å². The standard InChI is InChI=1S/C8H16N2O3S/c1-7(2)10(4-5-11)14(12,13)8(3)6-9/h7-8,11H,4-5H2,1-3H3. The van der Waals surface area contributed by atoms with E-state index >= 15 is 0 Å². The zero-order valence-electron chi connectivity index (χ0n) is 8.64. The van der Waals surface area contributed by atoms with Crippen molar-refractivity contribution in [2.45, 2.75) is 32.1 Å². The molecule has 82 valence electrons. The minimum Gasteiger partial charge on any atom is -0.395 e. The predicted octanol–water partition coefficient (Wildman–Crippen LogP) is -0.0690. The molecule has 0 amide bonds. The van der Waals surface area contributed by atoms with Crippen LogP contribution in [0.25, 0.3) is 0 Å². The van der Waals surface area contributed by atoms with Crippen LogP contribution in [0, 0.1) is 11.3 Å². The molecular formula is C8H16N2O3S. The lowest BCUT2D eigenvalue weighted by atomic mass is 10.4. The van der Waals surface area contributed by atoms with Crippen molar-refractivity contribution < 1.29 is 13.5 Å². The van der Waals surface area contributed by atoms with E-state index in [0.29, 0.717) is 0 Å². The number of nitriles is 1. The van der Waals surface area contributed by atoms with Crippen LogP contribution in [0.3, 0.4) is 0 Å². The molecule has 0 aliphatic heterocycles. The molecule has 0 heterocycles. The van der Waals surface area contributed by atoms with Gasteiger partial charge in [-0.25, -0.2) is 8.42 Å². The van der Waals surface area contributed by atoms with Gasteiger partial charge in [0.25, 0.3) is 0 Å². The van der Waals surface area contributed by atoms with Crippen LogP contribution >= 0.6 is 0 Å². The molecule has 0 bridgehead atoms. The lowest BCUT2D eigenvalue weighted by Gasteiger charge is -2.25. The quantitative estimate of drug-likeness (QED) is 0.703. The van der Waals surface area contributed by atoms with Gasteiger partial charge in [0.2, 0.25) is 10.0 Å². The highest BCUT2D eigenvalue weighted by Crippen LogP contribution is 2.11. The number of hydrogen-bond acceptors (Lipinski definition) is 4. The molecule has 5 nitrogen and oxygen atoms in total. The Morgan fingerprint density at radius 2 is 1.93 bits per heavy atom. The normalized spacial score (nSPS) is 14.4. The molecular weight excluding hydrogens is 204 g/mol. The molecule has 0 aromatic rings. The average Bonchev–Trinajstić information content (AvgIpc) is 2.11. The summed E-state index contributed by atoms with van der Waals surface area (Å²) in [6.45, 7) is 4.54. The molecule has 0 aliphatic carbocycles. The highest BCUT2D eigenvalue weighted by atomic mass is 32.2. The molecule has 1 N–H and O–H groups in total. The summed E-state index contributed by atoms with van der Waals surface area (Å²) in [5.41, 5.74) is 0. The monoisotopic (exact) mass is 220 g/mol. The maximum Gasteiger partial charge on any atom is 0.230 e. The van der Waals surface area contributed by atoms with Gasteiger partial charge in [0, 0.05) is 12.6 Å². The highest BCUT2D eigenvalue weighted by molar-refractivity contribution is 7.90. The summed E-state index contributed by atoms with van der Waals surface area (Å²) in [7, 11) is -3.60. The fourth-order valence-electron chi connectivity index (χ4n) is 1.05. The van der Waals surface area contributed by atoms with Gasteiger partial charge in [-0.2, -0.15) is 9.57 Å². The van der Waals surface area contributed by atoms with Gasteiger partial charge in [-0.05, 0) is 20.8 Å². The van der Waals surface area contributed by atoms with Crippen LogP contribution < -0.4 is 0 Å². The minimum absolute atomic E-state index is 0.0338. The smallest absolute Gasteiger partial charge is 0.230 e. The van der Waals surface area contributed by atoms with Crippen LogP contribution in [0.1, 0.15) is 20.8 Å². The summed E-state index contributed by atoms with van der Waals surface area (Å²) in [6, 6.07) is 1.44. The Balaban J connectivity index is 4.93. The Hall–Kier alpha value is -0.640. The van der Waals surface area contributed by atoms with E-state index in [9.17, 15) is 8.42 Å². The van der Waals surface area contributed by atoms with Gasteiger partial charge >= 0.3 is 0 Å². The lowest BCUT2D eigenvalue weighted by molar-refractivity contribution is 0.236. The Morgan fingerprint density at radius 3 is 2.21 bits per heavy atom. The van der Waals surface area contributed by atoms with Crippen molar-refractivity contribution in [1.29, 1.82) is 5.26 Å². The summed E-state index contributed by atoms with van der Waals surface area (Å²) in [5.74, 6) is 0. The van der Waals surface area contributed by atoms with E-state index in [4.69, 9.17) is 10.4 Å². The molecule has 0 rings (SSSR count). The molecule has 0 saturated heterocycles. The molecule has 1 unspecified atom stereocenters. The molecule has 6 heteroatoms. The number of sulfonamides is 1. The van der Waals surface area contributed by atoms with Crippen LogP contribution in [0.2, 0.25) is 0 Å². The summed E-state index contributed by atoms with van der Waals surface area (Å²) >= 11 is 0. The van der Waals surface area contributed by atoms with Crippen molar-refractivity contribution in [3.63, 3.8) is 0 Å². The van der Waals surface area contributed by atoms with E-state index in [1.54, 1.807) is 19.9 Å². The highest BCUT2D eigenvalue weighted by Gasteiger charge is 2.30. The fourth-order valence-corrected chi connectivity index (χ4v) is 2.51. The van der Waals surface area contributed by atoms with Gasteiger partial charge in [0.1, 0.15) is 0 Å². The third kappa shape index (κ3) is 2.94. The number of rotatable bonds is 5. The van der Waals surface area contributed by atoms with E-state index in [1.165, 1.54) is 6.92 Å². The van der Waals surface area contributed by atoms with E-state index in [0.717, 1.165) is 4.31 Å². The molecule has 0 aliphatic rings. The largest absolute Gasteiger partial charge is 0.395 e. The van der Waals surface area contributed by atoms with Gasteiger partial charge < -0.3 is 5.11 Å². The summed E-state index contributed by atoms with van der Waals surface area (Å²) in [6.07, 6.45) is 0. The first kappa shape index (κ1) is 13.4. The van der Waals surface area contributed by atoms with Crippen molar-refractivity contribution in [3.05, 3.63) is 0 Å². The maximum absolute atomic E-state index is 11.7. The van der Waals surface area contributed by atoms with Crippen LogP contribution in [0.15, 0.2) is 0 Å². The first-order valence-corrected chi connectivity index (χ1v) is 5.89. The Labute approximate surface area is 85.0 Å². The van der Waals surface area contributed by atoms with Crippen molar-refractivity contribution in [2.24, 2.45) is 0 Å². The van der Waals surface area contributed by atoms with E-state index in [-0.39, 0.29) is 19.2 Å². The minimum atomic E-state index is -3.60. The van der Waals surface area contributed by atoms with Crippen LogP contribution in [0.4, 0.5) is 0 Å². The number of nitrogens with zero attached hydrogens (tertiary/aromatic N) is 2. The number of hydrogen-bond donors (Lipinski definition) is 1. The van der Waals surface area contributed by atoms with Gasteiger partial charge in [0.05, 0.1) is 12.7 Å². The van der Waals surface area contributed by atoms with Crippen LogP contribution in [-0.2, 0) is 10.0 Å². The summed E-state index contributed by atoms with van der Waals surface area (Å²) in [5, 5.41) is 16.2. The summed E-state index contributed by atoms with van der Waals surface area (Å²) < 4.78 is 24.5. The molecule has 1 atom stereocenters. The van der Waals surface area contributed by atoms with E-state index < -0.39 is 15.3 Å². The third-order valence-corrected chi connectivity index (χ3v) is 4.11. The Kier molecular flexibility index (Phi) is 5.05. The molecule has 0 fully saturated rings. The van der Waals surface area contributed by atoms with Crippen LogP contribution in [0.5, 0.6) is 0 Å². The van der Waals surface area contributed by atoms with Gasteiger partial charge in [0.15, 0.2) is 5.25 Å². The zero-order chi connectivity index (χ0) is 11.4. The second-order valence-electron chi connectivity index (χ2n) is 3.24. The third-order valence-electron chi connectivity index (χ3n) is 1.85. The molecule has 0 spiro atoms. The SMILES string of the molecule is CC(C)N(CCO)S(=O)(=O)C(C)C#N. The average molecular weight is 220 g/mol. The maximum atomic E-state index is 11.7. The van der Waals surface area contributed by atoms with Crippen molar-refractivity contribution in [2.75, 3.05) is 13.2 Å². The fraction of sp³-hybridized carbons (Fsp3) is 0.875. The molecule has 14 heavy (non-hydrogen) atoms.